The summed E-state index contributed by atoms with van der Waals surface area (Å²) < 4.78 is 0. The van der Waals surface area contributed by atoms with Gasteiger partial charge in [-0.05, 0) is 24.7 Å². The highest BCUT2D eigenvalue weighted by molar-refractivity contribution is 5.87. The van der Waals surface area contributed by atoms with Crippen molar-refractivity contribution in [1.29, 1.82) is 0 Å². The number of benzene rings is 1. The lowest BCUT2D eigenvalue weighted by Gasteiger charge is -2.33. The van der Waals surface area contributed by atoms with E-state index in [9.17, 15) is 4.79 Å². The molecule has 25 heavy (non-hydrogen) atoms. The molecule has 0 atom stereocenters. The van der Waals surface area contributed by atoms with Crippen molar-refractivity contribution in [3.05, 3.63) is 41.5 Å². The van der Waals surface area contributed by atoms with Crippen molar-refractivity contribution in [2.75, 3.05) is 49.2 Å². The molecule has 3 rings (SSSR count). The Morgan fingerprint density at radius 1 is 1.20 bits per heavy atom. The predicted octanol–water partition coefficient (Wildman–Crippen LogP) is 1.12. The highest BCUT2D eigenvalue weighted by Crippen LogP contribution is 2.19. The van der Waals surface area contributed by atoms with Crippen LogP contribution in [0.5, 0.6) is 0 Å². The molecule has 8 heteroatoms. The fraction of sp³-hybridized carbons (Fsp3) is 0.353. The minimum Gasteiger partial charge on any atom is -0.478 e. The predicted molar refractivity (Wildman–Crippen MR) is 96.9 cm³/mol. The number of nitrogens with one attached hydrogen (secondary N) is 1. The molecule has 2 aromatic rings. The molecule has 1 aliphatic rings. The minimum absolute atomic E-state index is 0.236. The summed E-state index contributed by atoms with van der Waals surface area (Å²) in [5.74, 6) is 0.785. The van der Waals surface area contributed by atoms with Gasteiger partial charge in [-0.3, -0.25) is 0 Å². The Hall–Kier alpha value is -2.87. The Bertz CT molecular complexity index is 741. The Labute approximate surface area is 146 Å². The number of nitrogens with zero attached hydrogens (tertiary/aromatic N) is 4. The van der Waals surface area contributed by atoms with Gasteiger partial charge in [0.05, 0.1) is 5.56 Å². The molecule has 1 aromatic carbocycles. The summed E-state index contributed by atoms with van der Waals surface area (Å²) in [5.41, 5.74) is 7.08. The number of hydrogen-bond acceptors (Lipinski definition) is 7. The Morgan fingerprint density at radius 2 is 1.88 bits per heavy atom. The summed E-state index contributed by atoms with van der Waals surface area (Å²) in [6.45, 7) is 4.32. The van der Waals surface area contributed by atoms with Gasteiger partial charge in [0, 0.05) is 38.8 Å². The number of carboxylic acid groups (broad SMARTS) is 1. The lowest BCUT2D eigenvalue weighted by molar-refractivity contribution is 0.0697. The quantitative estimate of drug-likeness (QED) is 0.742. The van der Waals surface area contributed by atoms with Crippen LogP contribution in [-0.4, -0.2) is 59.2 Å². The fourth-order valence-corrected chi connectivity index (χ4v) is 2.70. The number of anilines is 3. The van der Waals surface area contributed by atoms with Crippen LogP contribution in [0.3, 0.4) is 0 Å². The van der Waals surface area contributed by atoms with E-state index in [0.717, 1.165) is 37.6 Å². The number of likely N-dealkylation sites (N-methyl/N-ethyl adjacent to an activating group) is 1. The molecular formula is C17H22N6O2. The molecule has 1 aliphatic heterocycles. The van der Waals surface area contributed by atoms with Crippen LogP contribution in [0.15, 0.2) is 30.3 Å². The van der Waals surface area contributed by atoms with Crippen LogP contribution in [-0.2, 0) is 6.54 Å². The molecule has 0 saturated carbocycles. The molecule has 2 heterocycles. The van der Waals surface area contributed by atoms with Crippen LogP contribution < -0.4 is 16.0 Å². The Morgan fingerprint density at radius 3 is 2.52 bits per heavy atom. The minimum atomic E-state index is -0.931. The molecule has 0 radical (unpaired) electrons. The molecule has 0 spiro atoms. The van der Waals surface area contributed by atoms with E-state index in [0.29, 0.717) is 12.4 Å². The van der Waals surface area contributed by atoms with E-state index in [1.807, 2.05) is 6.07 Å². The van der Waals surface area contributed by atoms with Crippen molar-refractivity contribution in [3.8, 4) is 0 Å². The second-order valence-electron chi connectivity index (χ2n) is 6.12. The van der Waals surface area contributed by atoms with Crippen LogP contribution in [0, 0.1) is 0 Å². The lowest BCUT2D eigenvalue weighted by Crippen LogP contribution is -2.44. The maximum Gasteiger partial charge on any atom is 0.335 e. The average molecular weight is 342 g/mol. The monoisotopic (exact) mass is 342 g/mol. The van der Waals surface area contributed by atoms with E-state index < -0.39 is 5.97 Å². The van der Waals surface area contributed by atoms with Crippen LogP contribution in [0.4, 0.5) is 17.6 Å². The zero-order chi connectivity index (χ0) is 17.8. The molecular weight excluding hydrogens is 320 g/mol. The molecule has 1 saturated heterocycles. The average Bonchev–Trinajstić information content (AvgIpc) is 2.60. The van der Waals surface area contributed by atoms with Gasteiger partial charge in [-0.2, -0.15) is 9.97 Å². The van der Waals surface area contributed by atoms with E-state index in [2.05, 4.69) is 32.1 Å². The van der Waals surface area contributed by atoms with Crippen molar-refractivity contribution in [3.63, 3.8) is 0 Å². The van der Waals surface area contributed by atoms with Crippen LogP contribution >= 0.6 is 0 Å². The van der Waals surface area contributed by atoms with Gasteiger partial charge in [-0.25, -0.2) is 4.79 Å². The topological polar surface area (TPSA) is 108 Å². The van der Waals surface area contributed by atoms with Gasteiger partial charge < -0.3 is 26.0 Å². The third-order valence-electron chi connectivity index (χ3n) is 4.23. The van der Waals surface area contributed by atoms with Gasteiger partial charge >= 0.3 is 5.97 Å². The number of nitrogen functional groups attached to an aromatic ring is 1. The van der Waals surface area contributed by atoms with Gasteiger partial charge in [0.15, 0.2) is 0 Å². The van der Waals surface area contributed by atoms with Crippen molar-refractivity contribution in [2.24, 2.45) is 0 Å². The summed E-state index contributed by atoms with van der Waals surface area (Å²) in [6.07, 6.45) is 0. The molecule has 0 aliphatic carbocycles. The number of piperazine rings is 1. The second-order valence-corrected chi connectivity index (χ2v) is 6.12. The third-order valence-corrected chi connectivity index (χ3v) is 4.23. The maximum atomic E-state index is 10.9. The highest BCUT2D eigenvalue weighted by Gasteiger charge is 2.16. The normalized spacial score (nSPS) is 15.2. The second kappa shape index (κ2) is 7.35. The van der Waals surface area contributed by atoms with Crippen molar-refractivity contribution >= 4 is 23.6 Å². The number of hydrogen-bond donors (Lipinski definition) is 3. The number of aromatic carboxylic acids is 1. The molecule has 8 nitrogen and oxygen atoms in total. The van der Waals surface area contributed by atoms with Gasteiger partial charge in [-0.1, -0.05) is 12.1 Å². The molecule has 4 N–H and O–H groups in total. The molecule has 0 unspecified atom stereocenters. The first-order valence-electron chi connectivity index (χ1n) is 8.15. The molecule has 1 aromatic heterocycles. The zero-order valence-corrected chi connectivity index (χ0v) is 14.1. The summed E-state index contributed by atoms with van der Waals surface area (Å²) in [6, 6.07) is 8.63. The molecule has 132 valence electrons. The van der Waals surface area contributed by atoms with Crippen molar-refractivity contribution < 1.29 is 9.90 Å². The third kappa shape index (κ3) is 4.36. The zero-order valence-electron chi connectivity index (χ0n) is 14.1. The smallest absolute Gasteiger partial charge is 0.335 e. The SMILES string of the molecule is CN1CCN(c2cc(NCc3ccc(C(=O)O)cc3)nc(N)n2)CC1. The maximum absolute atomic E-state index is 10.9. The number of carbonyl (C=O) groups is 1. The Kier molecular flexibility index (Phi) is 4.99. The first-order valence-corrected chi connectivity index (χ1v) is 8.15. The first kappa shape index (κ1) is 17.0. The summed E-state index contributed by atoms with van der Waals surface area (Å²) >= 11 is 0. The molecule has 0 amide bonds. The van der Waals surface area contributed by atoms with E-state index in [4.69, 9.17) is 10.8 Å². The summed E-state index contributed by atoms with van der Waals surface area (Å²) in [4.78, 5) is 23.9. The lowest BCUT2D eigenvalue weighted by atomic mass is 10.1. The Balaban J connectivity index is 1.67. The number of aromatic nitrogens is 2. The van der Waals surface area contributed by atoms with Crippen LogP contribution in [0.2, 0.25) is 0 Å². The van der Waals surface area contributed by atoms with E-state index in [1.165, 1.54) is 0 Å². The number of carboxylic acids is 1. The number of nitrogens with two attached hydrogens (primary N) is 1. The van der Waals surface area contributed by atoms with Gasteiger partial charge in [-0.15, -0.1) is 0 Å². The van der Waals surface area contributed by atoms with Gasteiger partial charge in [0.25, 0.3) is 0 Å². The van der Waals surface area contributed by atoms with Crippen LogP contribution in [0.1, 0.15) is 15.9 Å². The summed E-state index contributed by atoms with van der Waals surface area (Å²) in [5, 5.41) is 12.2. The largest absolute Gasteiger partial charge is 0.478 e. The first-order chi connectivity index (χ1) is 12.0. The van der Waals surface area contributed by atoms with Gasteiger partial charge in [0.2, 0.25) is 5.95 Å². The standard InChI is InChI=1S/C17H22N6O2/c1-22-6-8-23(9-7-22)15-10-14(20-17(18)21-15)19-11-12-2-4-13(5-3-12)16(24)25/h2-5,10H,6-9,11H2,1H3,(H,24,25)(H3,18,19,20,21). The van der Waals surface area contributed by atoms with Crippen molar-refractivity contribution in [1.82, 2.24) is 14.9 Å². The molecule has 1 fully saturated rings. The van der Waals surface area contributed by atoms with E-state index >= 15 is 0 Å². The summed E-state index contributed by atoms with van der Waals surface area (Å²) in [7, 11) is 2.11. The van der Waals surface area contributed by atoms with Gasteiger partial charge in [0.1, 0.15) is 11.6 Å². The van der Waals surface area contributed by atoms with E-state index in [1.54, 1.807) is 24.3 Å². The van der Waals surface area contributed by atoms with E-state index in [-0.39, 0.29) is 11.5 Å². The van der Waals surface area contributed by atoms with Crippen molar-refractivity contribution in [2.45, 2.75) is 6.54 Å². The number of rotatable bonds is 5. The van der Waals surface area contributed by atoms with Crippen LogP contribution in [0.25, 0.3) is 0 Å². The molecule has 0 bridgehead atoms. The fourth-order valence-electron chi connectivity index (χ4n) is 2.70. The highest BCUT2D eigenvalue weighted by atomic mass is 16.4.